The van der Waals surface area contributed by atoms with Crippen LogP contribution in [-0.4, -0.2) is 34.4 Å². The smallest absolute Gasteiger partial charge is 0.272 e. The van der Waals surface area contributed by atoms with Gasteiger partial charge >= 0.3 is 0 Å². The zero-order valence-corrected chi connectivity index (χ0v) is 11.8. The van der Waals surface area contributed by atoms with Crippen molar-refractivity contribution >= 4 is 16.7 Å². The fourth-order valence-electron chi connectivity index (χ4n) is 2.16. The van der Waals surface area contributed by atoms with Gasteiger partial charge in [-0.15, -0.1) is 0 Å². The Morgan fingerprint density at radius 2 is 1.86 bits per heavy atom. The van der Waals surface area contributed by atoms with Gasteiger partial charge in [-0.1, -0.05) is 31.0 Å². The number of aliphatic hydroxyl groups excluding tert-OH is 1. The van der Waals surface area contributed by atoms with E-state index in [0.717, 1.165) is 25.7 Å². The van der Waals surface area contributed by atoms with Crippen molar-refractivity contribution < 1.29 is 9.90 Å². The minimum atomic E-state index is -0.300. The van der Waals surface area contributed by atoms with E-state index < -0.39 is 0 Å². The van der Waals surface area contributed by atoms with E-state index in [0.29, 0.717) is 17.3 Å². The molecule has 1 heterocycles. The predicted molar refractivity (Wildman–Crippen MR) is 80.3 cm³/mol. The second-order valence-corrected chi connectivity index (χ2v) is 4.84. The Bertz CT molecular complexity index is 667. The Morgan fingerprint density at radius 3 is 2.62 bits per heavy atom. The van der Waals surface area contributed by atoms with Crippen LogP contribution in [0.2, 0.25) is 0 Å². The number of carbonyl (C=O) groups excluding carboxylic acids is 1. The summed E-state index contributed by atoms with van der Waals surface area (Å²) in [6, 6.07) is 6.91. The molecule has 21 heavy (non-hydrogen) atoms. The van der Waals surface area contributed by atoms with Gasteiger partial charge in [0.2, 0.25) is 0 Å². The molecule has 0 saturated heterocycles. The highest BCUT2D eigenvalue weighted by atomic mass is 16.3. The lowest BCUT2D eigenvalue weighted by Crippen LogP contribution is -2.27. The first-order valence-electron chi connectivity index (χ1n) is 7.10. The van der Waals surface area contributed by atoms with Crippen LogP contribution in [0.4, 0.5) is 0 Å². The molecule has 6 heteroatoms. The van der Waals surface area contributed by atoms with Crippen LogP contribution < -0.4 is 10.9 Å². The van der Waals surface area contributed by atoms with E-state index in [1.54, 1.807) is 24.3 Å². The number of carbonyl (C=O) groups is 1. The highest BCUT2D eigenvalue weighted by Crippen LogP contribution is 2.12. The van der Waals surface area contributed by atoms with Gasteiger partial charge in [0.05, 0.1) is 5.39 Å². The van der Waals surface area contributed by atoms with Gasteiger partial charge in [0, 0.05) is 18.5 Å². The van der Waals surface area contributed by atoms with Crippen LogP contribution in [0.25, 0.3) is 10.8 Å². The number of aliphatic hydroxyl groups is 1. The predicted octanol–water partition coefficient (Wildman–Crippen LogP) is 1.21. The highest BCUT2D eigenvalue weighted by Gasteiger charge is 2.12. The number of fused-ring (bicyclic) bond motifs is 1. The van der Waals surface area contributed by atoms with Gasteiger partial charge in [-0.2, -0.15) is 5.10 Å². The molecule has 1 amide bonds. The van der Waals surface area contributed by atoms with Crippen molar-refractivity contribution in [3.63, 3.8) is 0 Å². The summed E-state index contributed by atoms with van der Waals surface area (Å²) in [5.41, 5.74) is -0.0632. The van der Waals surface area contributed by atoms with Gasteiger partial charge in [0.25, 0.3) is 11.5 Å². The normalized spacial score (nSPS) is 10.7. The van der Waals surface area contributed by atoms with Crippen molar-refractivity contribution in [2.75, 3.05) is 13.2 Å². The molecule has 0 atom stereocenters. The standard InChI is InChI=1S/C15H19N3O3/c19-10-6-2-1-5-9-16-15(21)13-11-7-3-4-8-12(11)14(20)18-17-13/h3-4,7-8,19H,1-2,5-6,9-10H2,(H,16,21)(H,18,20). The first kappa shape index (κ1) is 15.2. The molecule has 0 aliphatic rings. The number of hydrogen-bond donors (Lipinski definition) is 3. The molecule has 6 nitrogen and oxygen atoms in total. The topological polar surface area (TPSA) is 95.1 Å². The number of benzene rings is 1. The average molecular weight is 289 g/mol. The molecule has 0 radical (unpaired) electrons. The van der Waals surface area contributed by atoms with Crippen LogP contribution in [0.1, 0.15) is 36.2 Å². The quantitative estimate of drug-likeness (QED) is 0.668. The van der Waals surface area contributed by atoms with Crippen LogP contribution in [0, 0.1) is 0 Å². The summed E-state index contributed by atoms with van der Waals surface area (Å²) < 4.78 is 0. The van der Waals surface area contributed by atoms with E-state index >= 15 is 0 Å². The minimum Gasteiger partial charge on any atom is -0.396 e. The van der Waals surface area contributed by atoms with Gasteiger partial charge in [-0.3, -0.25) is 9.59 Å². The molecule has 0 bridgehead atoms. The molecule has 1 aromatic heterocycles. The summed E-state index contributed by atoms with van der Waals surface area (Å²) in [4.78, 5) is 23.8. The average Bonchev–Trinajstić information content (AvgIpc) is 2.51. The fraction of sp³-hybridized carbons (Fsp3) is 0.400. The molecule has 0 aliphatic heterocycles. The van der Waals surface area contributed by atoms with Gasteiger partial charge < -0.3 is 10.4 Å². The Morgan fingerprint density at radius 1 is 1.14 bits per heavy atom. The fourth-order valence-corrected chi connectivity index (χ4v) is 2.16. The van der Waals surface area contributed by atoms with Gasteiger partial charge in [-0.05, 0) is 18.9 Å². The maximum atomic E-state index is 12.1. The maximum absolute atomic E-state index is 12.1. The van der Waals surface area contributed by atoms with E-state index in [-0.39, 0.29) is 23.8 Å². The third-order valence-corrected chi connectivity index (χ3v) is 3.28. The SMILES string of the molecule is O=C(NCCCCCCO)c1n[nH]c(=O)c2ccccc12. The van der Waals surface area contributed by atoms with E-state index in [4.69, 9.17) is 5.11 Å². The van der Waals surface area contributed by atoms with Crippen molar-refractivity contribution in [3.8, 4) is 0 Å². The number of H-pyrrole nitrogens is 1. The molecule has 0 spiro atoms. The lowest BCUT2D eigenvalue weighted by Gasteiger charge is -2.06. The summed E-state index contributed by atoms with van der Waals surface area (Å²) in [7, 11) is 0. The summed E-state index contributed by atoms with van der Waals surface area (Å²) in [6.45, 7) is 0.763. The van der Waals surface area contributed by atoms with Crippen LogP contribution in [0.15, 0.2) is 29.1 Å². The third kappa shape index (κ3) is 3.88. The van der Waals surface area contributed by atoms with Crippen molar-refractivity contribution in [1.82, 2.24) is 15.5 Å². The summed E-state index contributed by atoms with van der Waals surface area (Å²) in [5.74, 6) is -0.287. The Balaban J connectivity index is 2.00. The third-order valence-electron chi connectivity index (χ3n) is 3.28. The first-order chi connectivity index (χ1) is 10.2. The second kappa shape index (κ2) is 7.54. The molecule has 3 N–H and O–H groups in total. The minimum absolute atomic E-state index is 0.208. The lowest BCUT2D eigenvalue weighted by atomic mass is 10.1. The lowest BCUT2D eigenvalue weighted by molar-refractivity contribution is 0.0948. The number of unbranched alkanes of at least 4 members (excludes halogenated alkanes) is 3. The molecule has 112 valence electrons. The summed E-state index contributed by atoms with van der Waals surface area (Å²) >= 11 is 0. The molecule has 0 fully saturated rings. The van der Waals surface area contributed by atoms with Crippen LogP contribution >= 0.6 is 0 Å². The molecular weight excluding hydrogens is 270 g/mol. The molecule has 1 aromatic carbocycles. The number of aromatic nitrogens is 2. The zero-order chi connectivity index (χ0) is 15.1. The van der Waals surface area contributed by atoms with Crippen molar-refractivity contribution in [2.45, 2.75) is 25.7 Å². The molecule has 0 unspecified atom stereocenters. The molecule has 0 saturated carbocycles. The highest BCUT2D eigenvalue weighted by molar-refractivity contribution is 6.04. The zero-order valence-electron chi connectivity index (χ0n) is 11.8. The van der Waals surface area contributed by atoms with Crippen molar-refractivity contribution in [1.29, 1.82) is 0 Å². The van der Waals surface area contributed by atoms with Gasteiger partial charge in [0.15, 0.2) is 5.69 Å². The van der Waals surface area contributed by atoms with Crippen LogP contribution in [-0.2, 0) is 0 Å². The monoisotopic (exact) mass is 289 g/mol. The van der Waals surface area contributed by atoms with Crippen LogP contribution in [0.3, 0.4) is 0 Å². The van der Waals surface area contributed by atoms with E-state index in [1.807, 2.05) is 0 Å². The molecule has 2 rings (SSSR count). The molecule has 0 aliphatic carbocycles. The number of amides is 1. The largest absolute Gasteiger partial charge is 0.396 e. The van der Waals surface area contributed by atoms with Crippen LogP contribution in [0.5, 0.6) is 0 Å². The van der Waals surface area contributed by atoms with Crippen molar-refractivity contribution in [2.24, 2.45) is 0 Å². The summed E-state index contributed by atoms with van der Waals surface area (Å²) in [5, 5.41) is 18.7. The summed E-state index contributed by atoms with van der Waals surface area (Å²) in [6.07, 6.45) is 3.56. The Kier molecular flexibility index (Phi) is 5.45. The van der Waals surface area contributed by atoms with E-state index in [9.17, 15) is 9.59 Å². The number of rotatable bonds is 7. The van der Waals surface area contributed by atoms with E-state index in [1.165, 1.54) is 0 Å². The Labute approximate surface area is 122 Å². The number of nitrogens with zero attached hydrogens (tertiary/aromatic N) is 1. The first-order valence-corrected chi connectivity index (χ1v) is 7.10. The molecular formula is C15H19N3O3. The Hall–Kier alpha value is -2.21. The second-order valence-electron chi connectivity index (χ2n) is 4.84. The molecule has 2 aromatic rings. The number of hydrogen-bond acceptors (Lipinski definition) is 4. The number of aromatic amines is 1. The van der Waals surface area contributed by atoms with Gasteiger partial charge in [-0.25, -0.2) is 5.10 Å². The van der Waals surface area contributed by atoms with E-state index in [2.05, 4.69) is 15.5 Å². The van der Waals surface area contributed by atoms with Gasteiger partial charge in [0.1, 0.15) is 0 Å². The van der Waals surface area contributed by atoms with Crippen molar-refractivity contribution in [3.05, 3.63) is 40.3 Å². The number of nitrogens with one attached hydrogen (secondary N) is 2. The maximum Gasteiger partial charge on any atom is 0.272 e.